The van der Waals surface area contributed by atoms with E-state index in [2.05, 4.69) is 5.32 Å². The fourth-order valence-corrected chi connectivity index (χ4v) is 2.65. The molecule has 0 fully saturated rings. The standard InChI is InChI=1S/C19H25BN2O8/c1-19(2,3)18(26)29-10-28-17(25)12-6-4-5-11-9-13(20(27)30-16(11)12)22-15(24)8-7-14(21)23/h4-6,13,27H,7-10H2,1-3H3,(H2,21,23)(H,22,24). The normalized spacial score (nSPS) is 15.5. The van der Waals surface area contributed by atoms with E-state index in [-0.39, 0.29) is 30.6 Å². The number of benzene rings is 1. The van der Waals surface area contributed by atoms with Gasteiger partial charge in [-0.3, -0.25) is 14.4 Å². The van der Waals surface area contributed by atoms with Crippen LogP contribution < -0.4 is 15.7 Å². The molecule has 1 unspecified atom stereocenters. The molecule has 0 saturated heterocycles. The summed E-state index contributed by atoms with van der Waals surface area (Å²) in [6, 6.07) is 4.73. The molecule has 10 nitrogen and oxygen atoms in total. The Labute approximate surface area is 174 Å². The first-order valence-electron chi connectivity index (χ1n) is 9.37. The van der Waals surface area contributed by atoms with Crippen molar-refractivity contribution in [3.8, 4) is 5.75 Å². The number of fused-ring (bicyclic) bond motifs is 1. The number of hydrogen-bond acceptors (Lipinski definition) is 8. The summed E-state index contributed by atoms with van der Waals surface area (Å²) < 4.78 is 15.3. The van der Waals surface area contributed by atoms with Crippen molar-refractivity contribution >= 4 is 30.9 Å². The SMILES string of the molecule is CC(C)(C)C(=O)OCOC(=O)c1cccc2c1OB(O)C(NC(=O)CCC(N)=O)C2. The number of nitrogens with two attached hydrogens (primary N) is 1. The largest absolute Gasteiger partial charge is 0.547 e. The van der Waals surface area contributed by atoms with E-state index in [1.165, 1.54) is 6.07 Å². The molecule has 162 valence electrons. The van der Waals surface area contributed by atoms with Crippen molar-refractivity contribution < 1.29 is 38.3 Å². The Bertz CT molecular complexity index is 836. The summed E-state index contributed by atoms with van der Waals surface area (Å²) in [5.74, 6) is -3.01. The molecule has 1 aliphatic heterocycles. The molecular formula is C19H25BN2O8. The summed E-state index contributed by atoms with van der Waals surface area (Å²) >= 11 is 0. The lowest BCUT2D eigenvalue weighted by Gasteiger charge is -2.29. The molecule has 0 saturated carbocycles. The van der Waals surface area contributed by atoms with Crippen LogP contribution in [0.2, 0.25) is 0 Å². The number of ether oxygens (including phenoxy) is 2. The van der Waals surface area contributed by atoms with Gasteiger partial charge in [-0.25, -0.2) is 4.79 Å². The summed E-state index contributed by atoms with van der Waals surface area (Å²) in [4.78, 5) is 46.8. The summed E-state index contributed by atoms with van der Waals surface area (Å²) in [6.07, 6.45) is -0.0220. The van der Waals surface area contributed by atoms with Gasteiger partial charge in [-0.15, -0.1) is 0 Å². The number of carbonyl (C=O) groups is 4. The van der Waals surface area contributed by atoms with Gasteiger partial charge in [0.15, 0.2) is 0 Å². The number of esters is 2. The van der Waals surface area contributed by atoms with Gasteiger partial charge in [0.1, 0.15) is 11.3 Å². The minimum absolute atomic E-state index is 0.0527. The first-order valence-corrected chi connectivity index (χ1v) is 9.37. The van der Waals surface area contributed by atoms with Gasteiger partial charge >= 0.3 is 19.1 Å². The molecule has 0 aromatic heterocycles. The van der Waals surface area contributed by atoms with Gasteiger partial charge in [0, 0.05) is 12.8 Å². The van der Waals surface area contributed by atoms with Gasteiger partial charge in [-0.2, -0.15) is 0 Å². The lowest BCUT2D eigenvalue weighted by atomic mass is 9.72. The molecule has 4 N–H and O–H groups in total. The summed E-state index contributed by atoms with van der Waals surface area (Å²) in [6.45, 7) is 4.45. The highest BCUT2D eigenvalue weighted by Crippen LogP contribution is 2.30. The number of carbonyl (C=O) groups excluding carboxylic acids is 4. The zero-order chi connectivity index (χ0) is 22.5. The summed E-state index contributed by atoms with van der Waals surface area (Å²) in [7, 11) is -1.41. The molecule has 11 heteroatoms. The maximum Gasteiger partial charge on any atom is 0.547 e. The smallest absolute Gasteiger partial charge is 0.534 e. The second-order valence-corrected chi connectivity index (χ2v) is 7.88. The van der Waals surface area contributed by atoms with Crippen LogP contribution in [0.1, 0.15) is 49.5 Å². The average molecular weight is 420 g/mol. The van der Waals surface area contributed by atoms with Crippen LogP contribution in [-0.4, -0.2) is 48.6 Å². The van der Waals surface area contributed by atoms with E-state index in [9.17, 15) is 24.2 Å². The van der Waals surface area contributed by atoms with Crippen LogP contribution in [0.4, 0.5) is 0 Å². The van der Waals surface area contributed by atoms with Gasteiger partial charge in [-0.05, 0) is 38.8 Å². The molecule has 0 bridgehead atoms. The predicted octanol–water partition coefficient (Wildman–Crippen LogP) is 0.0951. The van der Waals surface area contributed by atoms with E-state index in [1.54, 1.807) is 32.9 Å². The maximum absolute atomic E-state index is 12.4. The molecule has 0 spiro atoms. The lowest BCUT2D eigenvalue weighted by molar-refractivity contribution is -0.161. The summed E-state index contributed by atoms with van der Waals surface area (Å²) in [5, 5.41) is 12.8. The Balaban J connectivity index is 2.01. The van der Waals surface area contributed by atoms with Crippen molar-refractivity contribution in [1.82, 2.24) is 5.32 Å². The number of para-hydroxylation sites is 1. The van der Waals surface area contributed by atoms with Gasteiger partial charge < -0.3 is 30.2 Å². The molecule has 2 rings (SSSR count). The van der Waals surface area contributed by atoms with Crippen molar-refractivity contribution in [3.05, 3.63) is 29.3 Å². The molecule has 1 heterocycles. The van der Waals surface area contributed by atoms with Crippen LogP contribution in [0.25, 0.3) is 0 Å². The van der Waals surface area contributed by atoms with E-state index in [4.69, 9.17) is 19.9 Å². The molecule has 1 aromatic rings. The minimum atomic E-state index is -1.41. The molecule has 0 radical (unpaired) electrons. The Morgan fingerprint density at radius 1 is 1.23 bits per heavy atom. The van der Waals surface area contributed by atoms with Crippen LogP contribution >= 0.6 is 0 Å². The lowest BCUT2D eigenvalue weighted by Crippen LogP contribution is -2.53. The first kappa shape index (κ1) is 23.2. The van der Waals surface area contributed by atoms with Gasteiger partial charge in [0.25, 0.3) is 0 Å². The van der Waals surface area contributed by atoms with Crippen LogP contribution in [-0.2, 0) is 30.3 Å². The molecule has 0 aliphatic carbocycles. The van der Waals surface area contributed by atoms with E-state index in [0.717, 1.165) is 0 Å². The van der Waals surface area contributed by atoms with E-state index in [0.29, 0.717) is 5.56 Å². The molecule has 1 aromatic carbocycles. The Morgan fingerprint density at radius 3 is 2.57 bits per heavy atom. The molecule has 1 aliphatic rings. The van der Waals surface area contributed by atoms with Crippen molar-refractivity contribution in [2.75, 3.05) is 6.79 Å². The topological polar surface area (TPSA) is 154 Å². The van der Waals surface area contributed by atoms with Crippen molar-refractivity contribution in [2.24, 2.45) is 11.1 Å². The van der Waals surface area contributed by atoms with Crippen molar-refractivity contribution in [1.29, 1.82) is 0 Å². The minimum Gasteiger partial charge on any atom is -0.534 e. The third-order valence-electron chi connectivity index (χ3n) is 4.28. The average Bonchev–Trinajstić information content (AvgIpc) is 2.65. The Kier molecular flexibility index (Phi) is 7.44. The van der Waals surface area contributed by atoms with E-state index >= 15 is 0 Å². The highest BCUT2D eigenvalue weighted by Gasteiger charge is 2.38. The van der Waals surface area contributed by atoms with Gasteiger partial charge in [0.2, 0.25) is 18.6 Å². The monoisotopic (exact) mass is 420 g/mol. The van der Waals surface area contributed by atoms with Crippen molar-refractivity contribution in [2.45, 2.75) is 46.0 Å². The quantitative estimate of drug-likeness (QED) is 0.319. The van der Waals surface area contributed by atoms with Crippen LogP contribution in [0.5, 0.6) is 5.75 Å². The number of nitrogens with one attached hydrogen (secondary N) is 1. The molecule has 2 amide bonds. The zero-order valence-corrected chi connectivity index (χ0v) is 17.1. The van der Waals surface area contributed by atoms with Gasteiger partial charge in [-0.1, -0.05) is 12.1 Å². The zero-order valence-electron chi connectivity index (χ0n) is 17.1. The highest BCUT2D eigenvalue weighted by atomic mass is 16.7. The fraction of sp³-hybridized carbons (Fsp3) is 0.474. The molecular weight excluding hydrogens is 395 g/mol. The Hall–Kier alpha value is -3.08. The number of amides is 2. The second kappa shape index (κ2) is 9.62. The predicted molar refractivity (Wildman–Crippen MR) is 105 cm³/mol. The van der Waals surface area contributed by atoms with Crippen LogP contribution in [0.3, 0.4) is 0 Å². The van der Waals surface area contributed by atoms with Crippen LogP contribution in [0.15, 0.2) is 18.2 Å². The van der Waals surface area contributed by atoms with E-state index < -0.39 is 49.0 Å². The third-order valence-corrected chi connectivity index (χ3v) is 4.28. The van der Waals surface area contributed by atoms with Gasteiger partial charge in [0.05, 0.1) is 11.4 Å². The third kappa shape index (κ3) is 6.21. The van der Waals surface area contributed by atoms with E-state index in [1.807, 2.05) is 0 Å². The summed E-state index contributed by atoms with van der Waals surface area (Å²) in [5.41, 5.74) is 4.91. The first-order chi connectivity index (χ1) is 14.0. The maximum atomic E-state index is 12.4. The molecule has 1 atom stereocenters. The number of primary amides is 1. The van der Waals surface area contributed by atoms with Crippen LogP contribution in [0, 0.1) is 5.41 Å². The van der Waals surface area contributed by atoms with Crippen molar-refractivity contribution in [3.63, 3.8) is 0 Å². The number of hydrogen-bond donors (Lipinski definition) is 3. The highest BCUT2D eigenvalue weighted by molar-refractivity contribution is 6.47. The fourth-order valence-electron chi connectivity index (χ4n) is 2.65. The molecule has 30 heavy (non-hydrogen) atoms. The number of rotatable bonds is 7. The Morgan fingerprint density at radius 2 is 1.93 bits per heavy atom. The second-order valence-electron chi connectivity index (χ2n) is 7.88.